The van der Waals surface area contributed by atoms with Crippen LogP contribution in [0.25, 0.3) is 10.9 Å². The second-order valence-corrected chi connectivity index (χ2v) is 8.10. The van der Waals surface area contributed by atoms with E-state index in [0.29, 0.717) is 28.6 Å². The highest BCUT2D eigenvalue weighted by Gasteiger charge is 2.22. The number of methoxy groups -OCH3 is 1. The Hall–Kier alpha value is -3.97. The largest absolute Gasteiger partial charge is 0.493 e. The minimum atomic E-state index is -0.605. The van der Waals surface area contributed by atoms with E-state index in [4.69, 9.17) is 26.8 Å². The summed E-state index contributed by atoms with van der Waals surface area (Å²) in [6.45, 7) is 0.0404. The van der Waals surface area contributed by atoms with E-state index in [0.717, 1.165) is 22.0 Å². The molecule has 4 N–H and O–H groups in total. The molecule has 0 bridgehead atoms. The summed E-state index contributed by atoms with van der Waals surface area (Å²) in [7, 11) is 1.46. The summed E-state index contributed by atoms with van der Waals surface area (Å²) in [5.41, 5.74) is 8.49. The number of carbonyl (C=O) groups excluding carboxylic acids is 2. The molecule has 0 saturated heterocycles. The lowest BCUT2D eigenvalue weighted by Crippen LogP contribution is -2.29. The van der Waals surface area contributed by atoms with Gasteiger partial charge < -0.3 is 25.5 Å². The van der Waals surface area contributed by atoms with Gasteiger partial charge in [0, 0.05) is 40.1 Å². The van der Waals surface area contributed by atoms with Gasteiger partial charge in [0.05, 0.1) is 7.11 Å². The lowest BCUT2D eigenvalue weighted by Gasteiger charge is -2.20. The van der Waals surface area contributed by atoms with Crippen LogP contribution in [0.5, 0.6) is 11.5 Å². The fourth-order valence-electron chi connectivity index (χ4n) is 3.90. The zero-order chi connectivity index (χ0) is 24.1. The smallest absolute Gasteiger partial charge is 0.255 e. The van der Waals surface area contributed by atoms with Crippen molar-refractivity contribution in [3.05, 3.63) is 94.6 Å². The molecule has 174 valence electrons. The van der Waals surface area contributed by atoms with Crippen molar-refractivity contribution >= 4 is 34.3 Å². The first-order valence-corrected chi connectivity index (χ1v) is 11.0. The van der Waals surface area contributed by atoms with Gasteiger partial charge in [-0.3, -0.25) is 9.59 Å². The van der Waals surface area contributed by atoms with E-state index in [1.165, 1.54) is 7.11 Å². The summed E-state index contributed by atoms with van der Waals surface area (Å²) < 4.78 is 10.6. The maximum absolute atomic E-state index is 13.0. The third kappa shape index (κ3) is 5.00. The number of nitrogens with one attached hydrogen (secondary N) is 2. The molecule has 0 radical (unpaired) electrons. The molecule has 0 aliphatic heterocycles. The minimum Gasteiger partial charge on any atom is -0.493 e. The number of rotatable bonds is 9. The highest BCUT2D eigenvalue weighted by Crippen LogP contribution is 2.34. The van der Waals surface area contributed by atoms with Crippen molar-refractivity contribution in [3.63, 3.8) is 0 Å². The molecule has 3 aromatic carbocycles. The van der Waals surface area contributed by atoms with Gasteiger partial charge in [-0.15, -0.1) is 0 Å². The molecule has 2 amide bonds. The Morgan fingerprint density at radius 3 is 2.56 bits per heavy atom. The van der Waals surface area contributed by atoms with Crippen molar-refractivity contribution in [2.24, 2.45) is 5.73 Å². The normalized spacial score (nSPS) is 11.7. The second kappa shape index (κ2) is 10.3. The molecule has 7 nitrogen and oxygen atoms in total. The molecule has 1 aromatic heterocycles. The minimum absolute atomic E-state index is 0.172. The molecule has 0 spiro atoms. The molecule has 34 heavy (non-hydrogen) atoms. The SMILES string of the molecule is COc1cc(C(=O)NCC(c2ccccc2Cl)c2c[nH]c3ccccc23)ccc1OCC(N)=O. The predicted molar refractivity (Wildman–Crippen MR) is 132 cm³/mol. The van der Waals surface area contributed by atoms with Crippen molar-refractivity contribution < 1.29 is 19.1 Å². The molecule has 0 saturated carbocycles. The standard InChI is InChI=1S/C26H24ClN3O4/c1-33-24-12-16(10-11-23(24)34-15-25(28)31)26(32)30-14-19(17-6-2-4-8-21(17)27)20-13-29-22-9-5-3-7-18(20)22/h2-13,19,29H,14-15H2,1H3,(H2,28,31)(H,30,32). The highest BCUT2D eigenvalue weighted by molar-refractivity contribution is 6.31. The Morgan fingerprint density at radius 1 is 1.03 bits per heavy atom. The van der Waals surface area contributed by atoms with Crippen molar-refractivity contribution in [1.29, 1.82) is 0 Å². The Labute approximate surface area is 201 Å². The van der Waals surface area contributed by atoms with E-state index in [1.807, 2.05) is 54.7 Å². The lowest BCUT2D eigenvalue weighted by atomic mass is 9.90. The Morgan fingerprint density at radius 2 is 1.79 bits per heavy atom. The number of aromatic nitrogens is 1. The number of nitrogens with two attached hydrogens (primary N) is 1. The number of para-hydroxylation sites is 1. The van der Waals surface area contributed by atoms with Gasteiger partial charge in [0.15, 0.2) is 18.1 Å². The number of primary amides is 1. The van der Waals surface area contributed by atoms with Crippen molar-refractivity contribution in [2.75, 3.05) is 20.3 Å². The van der Waals surface area contributed by atoms with Crippen LogP contribution in [0.2, 0.25) is 5.02 Å². The monoisotopic (exact) mass is 477 g/mol. The lowest BCUT2D eigenvalue weighted by molar-refractivity contribution is -0.119. The average Bonchev–Trinajstić information content (AvgIpc) is 3.27. The van der Waals surface area contributed by atoms with E-state index in [9.17, 15) is 9.59 Å². The summed E-state index contributed by atoms with van der Waals surface area (Å²) in [4.78, 5) is 27.3. The van der Waals surface area contributed by atoms with Gasteiger partial charge in [0.1, 0.15) is 0 Å². The van der Waals surface area contributed by atoms with Crippen LogP contribution in [-0.2, 0) is 4.79 Å². The maximum atomic E-state index is 13.0. The first kappa shape index (κ1) is 23.2. The van der Waals surface area contributed by atoms with Gasteiger partial charge in [-0.2, -0.15) is 0 Å². The van der Waals surface area contributed by atoms with E-state index in [2.05, 4.69) is 10.3 Å². The Balaban J connectivity index is 1.59. The van der Waals surface area contributed by atoms with Crippen LogP contribution >= 0.6 is 11.6 Å². The van der Waals surface area contributed by atoms with Gasteiger partial charge in [0.25, 0.3) is 11.8 Å². The number of halogens is 1. The third-order valence-corrected chi connectivity index (χ3v) is 5.88. The van der Waals surface area contributed by atoms with Gasteiger partial charge in [-0.1, -0.05) is 48.0 Å². The number of amides is 2. The molecule has 8 heteroatoms. The molecule has 0 aliphatic carbocycles. The van der Waals surface area contributed by atoms with Crippen LogP contribution in [0, 0.1) is 0 Å². The number of fused-ring (bicyclic) bond motifs is 1. The van der Waals surface area contributed by atoms with E-state index in [1.54, 1.807) is 18.2 Å². The molecular formula is C26H24ClN3O4. The molecule has 4 aromatic rings. The summed E-state index contributed by atoms with van der Waals surface area (Å²) in [5.74, 6) is -0.406. The van der Waals surface area contributed by atoms with Crippen LogP contribution < -0.4 is 20.5 Å². The zero-order valence-electron chi connectivity index (χ0n) is 18.5. The number of carbonyl (C=O) groups is 2. The Kier molecular flexibility index (Phi) is 7.04. The van der Waals surface area contributed by atoms with E-state index in [-0.39, 0.29) is 18.4 Å². The van der Waals surface area contributed by atoms with Crippen molar-refractivity contribution in [3.8, 4) is 11.5 Å². The molecule has 1 atom stereocenters. The van der Waals surface area contributed by atoms with E-state index < -0.39 is 5.91 Å². The highest BCUT2D eigenvalue weighted by atomic mass is 35.5. The maximum Gasteiger partial charge on any atom is 0.255 e. The van der Waals surface area contributed by atoms with Crippen LogP contribution in [0.4, 0.5) is 0 Å². The molecular weight excluding hydrogens is 454 g/mol. The van der Waals surface area contributed by atoms with Crippen LogP contribution in [0.3, 0.4) is 0 Å². The first-order chi connectivity index (χ1) is 16.5. The molecule has 4 rings (SSSR count). The van der Waals surface area contributed by atoms with E-state index >= 15 is 0 Å². The zero-order valence-corrected chi connectivity index (χ0v) is 19.3. The van der Waals surface area contributed by atoms with Crippen molar-refractivity contribution in [2.45, 2.75) is 5.92 Å². The number of hydrogen-bond acceptors (Lipinski definition) is 4. The molecule has 0 fully saturated rings. The summed E-state index contributed by atoms with van der Waals surface area (Å²) >= 11 is 6.54. The quantitative estimate of drug-likeness (QED) is 0.335. The van der Waals surface area contributed by atoms with Gasteiger partial charge >= 0.3 is 0 Å². The average molecular weight is 478 g/mol. The number of benzene rings is 3. The second-order valence-electron chi connectivity index (χ2n) is 7.69. The molecule has 1 heterocycles. The Bertz CT molecular complexity index is 1330. The fourth-order valence-corrected chi connectivity index (χ4v) is 4.17. The molecule has 0 aliphatic rings. The van der Waals surface area contributed by atoms with Crippen LogP contribution in [0.1, 0.15) is 27.4 Å². The topological polar surface area (TPSA) is 106 Å². The first-order valence-electron chi connectivity index (χ1n) is 10.7. The summed E-state index contributed by atoms with van der Waals surface area (Å²) in [5, 5.41) is 4.71. The molecule has 1 unspecified atom stereocenters. The number of aromatic amines is 1. The van der Waals surface area contributed by atoms with Gasteiger partial charge in [-0.05, 0) is 41.5 Å². The van der Waals surface area contributed by atoms with Crippen molar-refractivity contribution in [1.82, 2.24) is 10.3 Å². The van der Waals surface area contributed by atoms with Crippen LogP contribution in [0.15, 0.2) is 72.9 Å². The summed E-state index contributed by atoms with van der Waals surface area (Å²) in [6, 6.07) is 20.4. The third-order valence-electron chi connectivity index (χ3n) is 5.54. The van der Waals surface area contributed by atoms with Gasteiger partial charge in [0.2, 0.25) is 0 Å². The van der Waals surface area contributed by atoms with Gasteiger partial charge in [-0.25, -0.2) is 0 Å². The predicted octanol–water partition coefficient (Wildman–Crippen LogP) is 4.26. The number of hydrogen-bond donors (Lipinski definition) is 3. The number of ether oxygens (including phenoxy) is 2. The number of H-pyrrole nitrogens is 1. The summed E-state index contributed by atoms with van der Waals surface area (Å²) in [6.07, 6.45) is 1.96. The fraction of sp³-hybridized carbons (Fsp3) is 0.154. The van der Waals surface area contributed by atoms with Crippen LogP contribution in [-0.4, -0.2) is 37.1 Å².